The summed E-state index contributed by atoms with van der Waals surface area (Å²) in [5.41, 5.74) is 0. The summed E-state index contributed by atoms with van der Waals surface area (Å²) in [7, 11) is -3.21. The summed E-state index contributed by atoms with van der Waals surface area (Å²) in [6, 6.07) is 0. The first kappa shape index (κ1) is 15.4. The maximum absolute atomic E-state index is 11.3. The highest BCUT2D eigenvalue weighted by atomic mass is 32.2. The summed E-state index contributed by atoms with van der Waals surface area (Å²) in [6.45, 7) is 2.96. The molecule has 0 bridgehead atoms. The smallest absolute Gasteiger partial charge is 0.235 e. The van der Waals surface area contributed by atoms with Crippen molar-refractivity contribution in [2.45, 2.75) is 45.1 Å². The third-order valence-electron chi connectivity index (χ3n) is 3.09. The van der Waals surface area contributed by atoms with Crippen molar-refractivity contribution in [1.29, 1.82) is 0 Å². The summed E-state index contributed by atoms with van der Waals surface area (Å²) in [4.78, 5) is 11.3. The Morgan fingerprint density at radius 1 is 1.39 bits per heavy atom. The van der Waals surface area contributed by atoms with E-state index in [2.05, 4.69) is 5.32 Å². The van der Waals surface area contributed by atoms with Crippen LogP contribution in [-0.4, -0.2) is 45.1 Å². The van der Waals surface area contributed by atoms with E-state index in [1.165, 1.54) is 0 Å². The van der Waals surface area contributed by atoms with Gasteiger partial charge >= 0.3 is 0 Å². The number of carbonyl (C=O) groups excluding carboxylic acids is 1. The van der Waals surface area contributed by atoms with E-state index in [-0.39, 0.29) is 5.75 Å². The van der Waals surface area contributed by atoms with Gasteiger partial charge in [0, 0.05) is 18.9 Å². The molecule has 1 aliphatic heterocycles. The number of hydrogen-bond donors (Lipinski definition) is 1. The molecule has 0 aromatic carbocycles. The molecule has 1 heterocycles. The van der Waals surface area contributed by atoms with Crippen molar-refractivity contribution in [3.05, 3.63) is 0 Å². The molecular formula is C12H23NO4S. The fraction of sp³-hybridized carbons (Fsp3) is 0.917. The lowest BCUT2D eigenvalue weighted by molar-refractivity contribution is -0.118. The van der Waals surface area contributed by atoms with Gasteiger partial charge in [-0.3, -0.25) is 4.79 Å². The topological polar surface area (TPSA) is 72.5 Å². The Labute approximate surface area is 109 Å². The van der Waals surface area contributed by atoms with Crippen molar-refractivity contribution in [1.82, 2.24) is 5.32 Å². The van der Waals surface area contributed by atoms with Crippen LogP contribution in [0.5, 0.6) is 0 Å². The van der Waals surface area contributed by atoms with Gasteiger partial charge in [-0.05, 0) is 32.1 Å². The minimum Gasteiger partial charge on any atom is -0.378 e. The molecule has 0 aliphatic carbocycles. The van der Waals surface area contributed by atoms with Crippen molar-refractivity contribution in [3.63, 3.8) is 0 Å². The van der Waals surface area contributed by atoms with Crippen LogP contribution in [0.1, 0.15) is 39.0 Å². The number of sulfone groups is 1. The molecule has 6 heteroatoms. The predicted molar refractivity (Wildman–Crippen MR) is 70.2 cm³/mol. The third kappa shape index (κ3) is 6.35. The van der Waals surface area contributed by atoms with Crippen LogP contribution in [0.25, 0.3) is 0 Å². The van der Waals surface area contributed by atoms with Crippen molar-refractivity contribution < 1.29 is 17.9 Å². The van der Waals surface area contributed by atoms with E-state index >= 15 is 0 Å². The summed E-state index contributed by atoms with van der Waals surface area (Å²) in [6.07, 6.45) is 5.59. The summed E-state index contributed by atoms with van der Waals surface area (Å²) in [5.74, 6) is -0.775. The van der Waals surface area contributed by atoms with Crippen molar-refractivity contribution in [2.24, 2.45) is 0 Å². The molecule has 1 N–H and O–H groups in total. The minimum absolute atomic E-state index is 0.0133. The quantitative estimate of drug-likeness (QED) is 0.669. The zero-order valence-corrected chi connectivity index (χ0v) is 11.8. The number of ether oxygens (including phenoxy) is 1. The minimum atomic E-state index is -3.21. The normalized spacial score (nSPS) is 19.9. The lowest BCUT2D eigenvalue weighted by atomic mass is 10.1. The Morgan fingerprint density at radius 3 is 2.78 bits per heavy atom. The van der Waals surface area contributed by atoms with Crippen LogP contribution in [0.3, 0.4) is 0 Å². The number of unbranched alkanes of at least 4 members (excludes halogenated alkanes) is 1. The zero-order valence-electron chi connectivity index (χ0n) is 11.0. The Morgan fingerprint density at radius 2 is 2.17 bits per heavy atom. The molecule has 0 spiro atoms. The van der Waals surface area contributed by atoms with Gasteiger partial charge in [-0.15, -0.1) is 0 Å². The average molecular weight is 277 g/mol. The Hall–Kier alpha value is -0.620. The summed E-state index contributed by atoms with van der Waals surface area (Å²) in [5, 5.41) is 2.64. The van der Waals surface area contributed by atoms with Crippen LogP contribution in [0, 0.1) is 0 Å². The van der Waals surface area contributed by atoms with Crippen LogP contribution in [0.4, 0.5) is 0 Å². The Kier molecular flexibility index (Phi) is 6.63. The van der Waals surface area contributed by atoms with E-state index in [1.807, 2.05) is 0 Å². The SMILES string of the molecule is CCS(=O)(=O)CC(=O)NCCCC[C@@H]1CCCO1. The van der Waals surface area contributed by atoms with E-state index in [1.54, 1.807) is 6.92 Å². The Balaban J connectivity index is 2.01. The van der Waals surface area contributed by atoms with Gasteiger partial charge in [0.1, 0.15) is 5.75 Å². The molecule has 0 saturated carbocycles. The molecule has 0 unspecified atom stereocenters. The van der Waals surface area contributed by atoms with E-state index in [0.717, 1.165) is 38.7 Å². The molecule has 1 fully saturated rings. The second-order valence-electron chi connectivity index (χ2n) is 4.66. The molecule has 18 heavy (non-hydrogen) atoms. The second kappa shape index (κ2) is 7.74. The molecule has 1 amide bonds. The average Bonchev–Trinajstić information content (AvgIpc) is 2.81. The highest BCUT2D eigenvalue weighted by Crippen LogP contribution is 2.17. The number of carbonyl (C=O) groups is 1. The van der Waals surface area contributed by atoms with Crippen LogP contribution >= 0.6 is 0 Å². The number of nitrogens with one attached hydrogen (secondary N) is 1. The first-order chi connectivity index (χ1) is 8.53. The van der Waals surface area contributed by atoms with Crippen molar-refractivity contribution in [2.75, 3.05) is 24.7 Å². The maximum Gasteiger partial charge on any atom is 0.235 e. The molecule has 1 atom stereocenters. The molecule has 0 radical (unpaired) electrons. The zero-order chi connectivity index (χ0) is 13.4. The van der Waals surface area contributed by atoms with Crippen molar-refractivity contribution >= 4 is 15.7 Å². The van der Waals surface area contributed by atoms with Gasteiger partial charge in [-0.2, -0.15) is 0 Å². The Bertz CT molecular complexity index is 347. The van der Waals surface area contributed by atoms with Gasteiger partial charge in [0.05, 0.1) is 6.10 Å². The number of hydrogen-bond acceptors (Lipinski definition) is 4. The van der Waals surface area contributed by atoms with Gasteiger partial charge in [-0.1, -0.05) is 6.92 Å². The van der Waals surface area contributed by atoms with Gasteiger partial charge in [-0.25, -0.2) is 8.42 Å². The third-order valence-corrected chi connectivity index (χ3v) is 4.67. The molecule has 106 valence electrons. The fourth-order valence-electron chi connectivity index (χ4n) is 1.95. The highest BCUT2D eigenvalue weighted by molar-refractivity contribution is 7.92. The highest BCUT2D eigenvalue weighted by Gasteiger charge is 2.15. The van der Waals surface area contributed by atoms with Gasteiger partial charge in [0.15, 0.2) is 9.84 Å². The van der Waals surface area contributed by atoms with Gasteiger partial charge in [0.2, 0.25) is 5.91 Å². The standard InChI is InChI=1S/C12H23NO4S/c1-2-18(15,16)10-12(14)13-8-4-3-6-11-7-5-9-17-11/h11H,2-10H2,1H3,(H,13,14)/t11-/m1/s1. The monoisotopic (exact) mass is 277 g/mol. The van der Waals surface area contributed by atoms with Gasteiger partial charge in [0.25, 0.3) is 0 Å². The lowest BCUT2D eigenvalue weighted by Crippen LogP contribution is -2.31. The molecular weight excluding hydrogens is 254 g/mol. The first-order valence-corrected chi connectivity index (χ1v) is 8.44. The molecule has 5 nitrogen and oxygen atoms in total. The van der Waals surface area contributed by atoms with Crippen LogP contribution in [0.15, 0.2) is 0 Å². The summed E-state index contributed by atoms with van der Waals surface area (Å²) < 4.78 is 27.9. The molecule has 1 saturated heterocycles. The number of amides is 1. The van der Waals surface area contributed by atoms with E-state index in [4.69, 9.17) is 4.74 Å². The summed E-state index contributed by atoms with van der Waals surface area (Å²) >= 11 is 0. The van der Waals surface area contributed by atoms with Crippen LogP contribution < -0.4 is 5.32 Å². The fourth-order valence-corrected chi connectivity index (χ4v) is 2.66. The largest absolute Gasteiger partial charge is 0.378 e. The molecule has 0 aromatic heterocycles. The molecule has 1 rings (SSSR count). The van der Waals surface area contributed by atoms with Crippen molar-refractivity contribution in [3.8, 4) is 0 Å². The van der Waals surface area contributed by atoms with E-state index in [0.29, 0.717) is 12.6 Å². The molecule has 0 aromatic rings. The van der Waals surface area contributed by atoms with Crippen LogP contribution in [-0.2, 0) is 19.4 Å². The van der Waals surface area contributed by atoms with E-state index < -0.39 is 21.5 Å². The lowest BCUT2D eigenvalue weighted by Gasteiger charge is -2.09. The maximum atomic E-state index is 11.3. The van der Waals surface area contributed by atoms with Crippen LogP contribution in [0.2, 0.25) is 0 Å². The molecule has 1 aliphatic rings. The first-order valence-electron chi connectivity index (χ1n) is 6.62. The number of rotatable bonds is 8. The second-order valence-corrected chi connectivity index (χ2v) is 7.01. The predicted octanol–water partition coefficient (Wildman–Crippen LogP) is 0.887. The van der Waals surface area contributed by atoms with E-state index in [9.17, 15) is 13.2 Å². The van der Waals surface area contributed by atoms with Gasteiger partial charge < -0.3 is 10.1 Å².